The predicted molar refractivity (Wildman–Crippen MR) is 138 cm³/mol. The molecule has 0 N–H and O–H groups in total. The van der Waals surface area contributed by atoms with Crippen LogP contribution in [0.3, 0.4) is 0 Å². The average molecular weight is 495 g/mol. The van der Waals surface area contributed by atoms with Crippen molar-refractivity contribution in [2.75, 3.05) is 26.8 Å². The molecule has 0 bridgehead atoms. The molecule has 1 aliphatic rings. The molecule has 0 spiro atoms. The van der Waals surface area contributed by atoms with Crippen LogP contribution in [0.5, 0.6) is 5.75 Å². The van der Waals surface area contributed by atoms with Crippen LogP contribution < -0.4 is 19.5 Å². The van der Waals surface area contributed by atoms with Crippen molar-refractivity contribution in [3.8, 4) is 5.75 Å². The van der Waals surface area contributed by atoms with Crippen molar-refractivity contribution < 1.29 is 19.1 Å². The highest BCUT2D eigenvalue weighted by Crippen LogP contribution is 2.28. The number of carbonyl (C=O) groups excluding carboxylic acids is 2. The van der Waals surface area contributed by atoms with Gasteiger partial charge in [0.05, 0.1) is 24.3 Å². The van der Waals surface area contributed by atoms with Crippen LogP contribution in [0.25, 0.3) is 22.9 Å². The Morgan fingerprint density at radius 3 is 2.74 bits per heavy atom. The molecular weight excluding hydrogens is 464 g/mol. The lowest BCUT2D eigenvalue weighted by Gasteiger charge is -2.31. The van der Waals surface area contributed by atoms with Gasteiger partial charge < -0.3 is 14.4 Å². The molecule has 4 rings (SSSR count). The summed E-state index contributed by atoms with van der Waals surface area (Å²) in [7, 11) is 1.59. The number of methoxy groups -OCH3 is 1. The monoisotopic (exact) mass is 494 g/mol. The number of carbonyl (C=O) groups is 2. The van der Waals surface area contributed by atoms with Crippen LogP contribution in [0.1, 0.15) is 32.3 Å². The zero-order chi connectivity index (χ0) is 24.9. The Kier molecular flexibility index (Phi) is 7.70. The summed E-state index contributed by atoms with van der Waals surface area (Å²) in [5.74, 6) is 0.401. The lowest BCUT2D eigenvalue weighted by atomic mass is 10.0. The number of piperidine rings is 1. The van der Waals surface area contributed by atoms with E-state index in [1.165, 1.54) is 10.6 Å². The van der Waals surface area contributed by atoms with E-state index in [1.807, 2.05) is 41.3 Å². The van der Waals surface area contributed by atoms with E-state index >= 15 is 0 Å². The topological polar surface area (TPSA) is 77.8 Å². The largest absolute Gasteiger partial charge is 0.496 e. The fourth-order valence-corrected chi connectivity index (χ4v) is 5.47. The Balaban J connectivity index is 1.84. The number of likely N-dealkylation sites (tertiary alicyclic amines) is 1. The molecule has 8 heteroatoms. The highest BCUT2D eigenvalue weighted by molar-refractivity contribution is 7.07. The van der Waals surface area contributed by atoms with Crippen molar-refractivity contribution in [2.45, 2.75) is 33.2 Å². The molecule has 1 aromatic heterocycles. The minimum atomic E-state index is -0.546. The maximum Gasteiger partial charge on any atom is 0.333 e. The number of rotatable bonds is 6. The normalized spacial score (nSPS) is 17.1. The second kappa shape index (κ2) is 10.9. The maximum absolute atomic E-state index is 13.5. The minimum Gasteiger partial charge on any atom is -0.496 e. The van der Waals surface area contributed by atoms with Crippen molar-refractivity contribution >= 4 is 46.1 Å². The van der Waals surface area contributed by atoms with Crippen LogP contribution in [0.2, 0.25) is 0 Å². The third-order valence-corrected chi connectivity index (χ3v) is 7.25. The van der Waals surface area contributed by atoms with Crippen LogP contribution in [0.4, 0.5) is 0 Å². The van der Waals surface area contributed by atoms with Crippen molar-refractivity contribution in [3.63, 3.8) is 0 Å². The Labute approximate surface area is 207 Å². The summed E-state index contributed by atoms with van der Waals surface area (Å²) in [5, 5.41) is 1.96. The third-order valence-electron chi connectivity index (χ3n) is 6.19. The maximum atomic E-state index is 13.5. The first-order valence-electron chi connectivity index (χ1n) is 11.8. The number of fused-ring (bicyclic) bond motifs is 1. The van der Waals surface area contributed by atoms with Gasteiger partial charge in [-0.2, -0.15) is 0 Å². The van der Waals surface area contributed by atoms with Crippen molar-refractivity contribution in [2.24, 2.45) is 5.92 Å². The molecule has 1 saturated heterocycles. The molecule has 7 nitrogen and oxygen atoms in total. The van der Waals surface area contributed by atoms with Gasteiger partial charge in [-0.15, -0.1) is 11.3 Å². The van der Waals surface area contributed by atoms with E-state index in [0.29, 0.717) is 34.0 Å². The summed E-state index contributed by atoms with van der Waals surface area (Å²) in [5.41, 5.74) is 0.453. The fraction of sp³-hybridized carbons (Fsp3) is 0.370. The first-order valence-corrected chi connectivity index (χ1v) is 12.7. The molecule has 35 heavy (non-hydrogen) atoms. The molecule has 1 fully saturated rings. The van der Waals surface area contributed by atoms with Crippen molar-refractivity contribution in [1.29, 1.82) is 0 Å². The van der Waals surface area contributed by atoms with E-state index in [4.69, 9.17) is 9.47 Å². The number of aromatic nitrogens is 1. The Bertz CT molecular complexity index is 1420. The van der Waals surface area contributed by atoms with Crippen LogP contribution in [0.15, 0.2) is 41.2 Å². The number of esters is 1. The zero-order valence-corrected chi connectivity index (χ0v) is 21.1. The summed E-state index contributed by atoms with van der Waals surface area (Å²) >= 11 is 1.16. The van der Waals surface area contributed by atoms with E-state index in [1.54, 1.807) is 20.1 Å². The summed E-state index contributed by atoms with van der Waals surface area (Å²) in [6.07, 6.45) is 5.11. The van der Waals surface area contributed by atoms with E-state index in [-0.39, 0.29) is 24.6 Å². The van der Waals surface area contributed by atoms with E-state index in [9.17, 15) is 14.4 Å². The number of thiazole rings is 1. The van der Waals surface area contributed by atoms with E-state index in [0.717, 1.165) is 40.5 Å². The minimum absolute atomic E-state index is 0.117. The lowest BCUT2D eigenvalue weighted by Crippen LogP contribution is -2.44. The van der Waals surface area contributed by atoms with E-state index < -0.39 is 5.97 Å². The number of ether oxygens (including phenoxy) is 2. The Morgan fingerprint density at radius 2 is 2.00 bits per heavy atom. The smallest absolute Gasteiger partial charge is 0.333 e. The fourth-order valence-electron chi connectivity index (χ4n) is 4.46. The average Bonchev–Trinajstić information content (AvgIpc) is 3.13. The van der Waals surface area contributed by atoms with E-state index in [2.05, 4.69) is 6.92 Å². The number of benzene rings is 2. The third kappa shape index (κ3) is 5.48. The molecule has 2 heterocycles. The lowest BCUT2D eigenvalue weighted by molar-refractivity contribution is -0.136. The van der Waals surface area contributed by atoms with Gasteiger partial charge in [-0.1, -0.05) is 37.3 Å². The molecule has 1 amide bonds. The summed E-state index contributed by atoms with van der Waals surface area (Å²) < 4.78 is 12.8. The van der Waals surface area contributed by atoms with Gasteiger partial charge in [0.1, 0.15) is 17.0 Å². The SMILES string of the molecule is CCOC(=O)/C=c1\s/c(=C\c2c(OC)ccc3ccccc23)c(=O)n1CC(=O)N1CCC[C@H](C)C1. The Hall–Kier alpha value is -3.39. The molecule has 3 aromatic rings. The highest BCUT2D eigenvalue weighted by Gasteiger charge is 2.22. The van der Waals surface area contributed by atoms with Crippen molar-refractivity contribution in [1.82, 2.24) is 9.47 Å². The quantitative estimate of drug-likeness (QED) is 0.492. The molecule has 0 unspecified atom stereocenters. The first-order chi connectivity index (χ1) is 16.9. The van der Waals surface area contributed by atoms with Crippen LogP contribution >= 0.6 is 11.3 Å². The molecule has 0 saturated carbocycles. The molecular formula is C27H30N2O5S. The molecule has 184 valence electrons. The van der Waals surface area contributed by atoms with Gasteiger partial charge in [-0.05, 0) is 48.6 Å². The van der Waals surface area contributed by atoms with Gasteiger partial charge in [0.25, 0.3) is 5.56 Å². The summed E-state index contributed by atoms with van der Waals surface area (Å²) in [6, 6.07) is 11.7. The van der Waals surface area contributed by atoms with Crippen LogP contribution in [0, 0.1) is 5.92 Å². The summed E-state index contributed by atoms with van der Waals surface area (Å²) in [4.78, 5) is 40.6. The Morgan fingerprint density at radius 1 is 1.20 bits per heavy atom. The van der Waals surface area contributed by atoms with Gasteiger partial charge in [0.2, 0.25) is 5.91 Å². The van der Waals surface area contributed by atoms with Crippen LogP contribution in [-0.4, -0.2) is 48.1 Å². The second-order valence-corrected chi connectivity index (χ2v) is 9.79. The first kappa shape index (κ1) is 24.7. The van der Waals surface area contributed by atoms with Crippen LogP contribution in [-0.2, 0) is 20.9 Å². The number of amides is 1. The van der Waals surface area contributed by atoms with Gasteiger partial charge >= 0.3 is 5.97 Å². The standard InChI is InChI=1S/C27H30N2O5S/c1-4-34-26(31)15-25-29(17-24(30)28-13-7-8-18(2)16-28)27(32)23(35-25)14-21-20-10-6-5-9-19(20)11-12-22(21)33-3/h5-6,9-12,14-15,18H,4,7-8,13,16-17H2,1-3H3/b23-14-,25-15-/t18-/m0/s1. The highest BCUT2D eigenvalue weighted by atomic mass is 32.1. The second-order valence-electron chi connectivity index (χ2n) is 8.73. The van der Waals surface area contributed by atoms with Gasteiger partial charge in [-0.25, -0.2) is 4.79 Å². The van der Waals surface area contributed by atoms with Crippen molar-refractivity contribution in [3.05, 3.63) is 61.5 Å². The number of nitrogens with zero attached hydrogens (tertiary/aromatic N) is 2. The molecule has 0 aliphatic carbocycles. The van der Waals surface area contributed by atoms with Gasteiger partial charge in [-0.3, -0.25) is 14.2 Å². The number of hydrogen-bond donors (Lipinski definition) is 0. The van der Waals surface area contributed by atoms with Gasteiger partial charge in [0.15, 0.2) is 0 Å². The van der Waals surface area contributed by atoms with Gasteiger partial charge in [0, 0.05) is 18.7 Å². The zero-order valence-electron chi connectivity index (χ0n) is 20.3. The molecule has 1 atom stereocenters. The number of hydrogen-bond acceptors (Lipinski definition) is 6. The predicted octanol–water partition coefficient (Wildman–Crippen LogP) is 2.50. The summed E-state index contributed by atoms with van der Waals surface area (Å²) in [6.45, 7) is 5.32. The molecule has 1 aliphatic heterocycles. The molecule has 0 radical (unpaired) electrons. The molecule has 2 aromatic carbocycles.